The molecule has 0 unspecified atom stereocenters. The maximum Gasteiger partial charge on any atom is 0.293 e. The lowest BCUT2D eigenvalue weighted by molar-refractivity contribution is -0.0272. The predicted molar refractivity (Wildman–Crippen MR) is 93.5 cm³/mol. The summed E-state index contributed by atoms with van der Waals surface area (Å²) in [6.45, 7) is 5.66. The van der Waals surface area contributed by atoms with Crippen LogP contribution in [0.3, 0.4) is 0 Å². The minimum absolute atomic E-state index is 0.0130. The predicted octanol–water partition coefficient (Wildman–Crippen LogP) is -0.202. The average Bonchev–Trinajstić information content (AvgIpc) is 3.05. The van der Waals surface area contributed by atoms with Crippen LogP contribution in [-0.4, -0.2) is 69.0 Å². The minimum Gasteiger partial charge on any atom is -0.374 e. The molecule has 0 radical (unpaired) electrons. The zero-order valence-electron chi connectivity index (χ0n) is 15.0. The number of ether oxygens (including phenoxy) is 1. The van der Waals surface area contributed by atoms with E-state index in [0.717, 1.165) is 37.7 Å². The third kappa shape index (κ3) is 4.23. The van der Waals surface area contributed by atoms with Crippen molar-refractivity contribution in [2.75, 3.05) is 38.2 Å². The Labute approximate surface area is 146 Å². The quantitative estimate of drug-likeness (QED) is 0.773. The summed E-state index contributed by atoms with van der Waals surface area (Å²) in [5.74, 6) is 2.16. The summed E-state index contributed by atoms with van der Waals surface area (Å²) in [5.41, 5.74) is -0.105. The fourth-order valence-corrected chi connectivity index (χ4v) is 2.95. The highest BCUT2D eigenvalue weighted by atomic mass is 16.5. The summed E-state index contributed by atoms with van der Waals surface area (Å²) < 4.78 is 7.40. The zero-order valence-corrected chi connectivity index (χ0v) is 15.0. The third-order valence-corrected chi connectivity index (χ3v) is 4.33. The third-order valence-electron chi connectivity index (χ3n) is 4.33. The van der Waals surface area contributed by atoms with Crippen LogP contribution in [0, 0.1) is 0 Å². The van der Waals surface area contributed by atoms with Gasteiger partial charge in [-0.3, -0.25) is 14.8 Å². The van der Waals surface area contributed by atoms with E-state index < -0.39 is 0 Å². The summed E-state index contributed by atoms with van der Waals surface area (Å²) in [6, 6.07) is 0. The Morgan fingerprint density at radius 2 is 2.32 bits per heavy atom. The van der Waals surface area contributed by atoms with Gasteiger partial charge in [-0.05, 0) is 0 Å². The number of anilines is 1. The van der Waals surface area contributed by atoms with Gasteiger partial charge < -0.3 is 14.2 Å². The number of H-pyrrole nitrogens is 1. The number of aromatic nitrogens is 5. The fourth-order valence-electron chi connectivity index (χ4n) is 2.95. The normalized spacial score (nSPS) is 18.4. The molecule has 1 fully saturated rings. The van der Waals surface area contributed by atoms with E-state index in [2.05, 4.69) is 25.1 Å². The standard InChI is InChI=1S/C16H25N7O2/c1-4-13-18-14(20-19-13)11-23-7-8-25-12(10-23)9-22(3)15-16(24)21(2)6-5-17-15/h5-6,12H,4,7-11H2,1-3H3,(H,18,19,20)/t12-/m0/s1. The van der Waals surface area contributed by atoms with Crippen molar-refractivity contribution in [2.24, 2.45) is 7.05 Å². The van der Waals surface area contributed by atoms with Crippen molar-refractivity contribution in [3.05, 3.63) is 34.4 Å². The highest BCUT2D eigenvalue weighted by Crippen LogP contribution is 2.11. The SMILES string of the molecule is CCc1n[nH]c(CN2CCO[C@@H](CN(C)c3nccn(C)c3=O)C2)n1. The Hall–Kier alpha value is -2.26. The summed E-state index contributed by atoms with van der Waals surface area (Å²) in [6.07, 6.45) is 4.13. The van der Waals surface area contributed by atoms with Crippen LogP contribution in [0.5, 0.6) is 0 Å². The topological polar surface area (TPSA) is 92.2 Å². The highest BCUT2D eigenvalue weighted by Gasteiger charge is 2.24. The van der Waals surface area contributed by atoms with Crippen LogP contribution in [0.2, 0.25) is 0 Å². The average molecular weight is 347 g/mol. The number of aryl methyl sites for hydroxylation is 2. The molecule has 1 aliphatic rings. The Balaban J connectivity index is 1.59. The first-order valence-corrected chi connectivity index (χ1v) is 8.53. The van der Waals surface area contributed by atoms with E-state index in [4.69, 9.17) is 4.74 Å². The molecule has 3 heterocycles. The van der Waals surface area contributed by atoms with Crippen molar-refractivity contribution < 1.29 is 4.74 Å². The zero-order chi connectivity index (χ0) is 17.8. The first-order valence-electron chi connectivity index (χ1n) is 8.53. The van der Waals surface area contributed by atoms with Gasteiger partial charge in [-0.15, -0.1) is 0 Å². The van der Waals surface area contributed by atoms with Crippen LogP contribution < -0.4 is 10.5 Å². The molecule has 0 bridgehead atoms. The second kappa shape index (κ2) is 7.75. The second-order valence-electron chi connectivity index (χ2n) is 6.33. The van der Waals surface area contributed by atoms with E-state index in [1.807, 2.05) is 18.9 Å². The number of nitrogens with one attached hydrogen (secondary N) is 1. The number of hydrogen-bond acceptors (Lipinski definition) is 7. The van der Waals surface area contributed by atoms with Crippen LogP contribution in [-0.2, 0) is 24.8 Å². The molecule has 1 saturated heterocycles. The molecule has 1 aliphatic heterocycles. The Morgan fingerprint density at radius 3 is 3.08 bits per heavy atom. The van der Waals surface area contributed by atoms with Gasteiger partial charge in [0, 0.05) is 52.5 Å². The van der Waals surface area contributed by atoms with E-state index in [1.165, 1.54) is 4.57 Å². The maximum atomic E-state index is 12.2. The molecule has 9 nitrogen and oxygen atoms in total. The molecule has 0 aliphatic carbocycles. The van der Waals surface area contributed by atoms with E-state index in [9.17, 15) is 4.79 Å². The molecule has 25 heavy (non-hydrogen) atoms. The van der Waals surface area contributed by atoms with Crippen LogP contribution in [0.25, 0.3) is 0 Å². The lowest BCUT2D eigenvalue weighted by Crippen LogP contribution is -2.47. The van der Waals surface area contributed by atoms with Gasteiger partial charge in [0.25, 0.3) is 5.56 Å². The van der Waals surface area contributed by atoms with Gasteiger partial charge in [0.15, 0.2) is 5.82 Å². The Morgan fingerprint density at radius 1 is 1.48 bits per heavy atom. The molecule has 2 aromatic rings. The van der Waals surface area contributed by atoms with Crippen molar-refractivity contribution in [3.8, 4) is 0 Å². The first kappa shape index (κ1) is 17.6. The van der Waals surface area contributed by atoms with Crippen LogP contribution >= 0.6 is 0 Å². The monoisotopic (exact) mass is 347 g/mol. The van der Waals surface area contributed by atoms with Gasteiger partial charge in [0.2, 0.25) is 0 Å². The number of likely N-dealkylation sites (N-methyl/N-ethyl adjacent to an activating group) is 1. The molecule has 3 rings (SSSR count). The van der Waals surface area contributed by atoms with Gasteiger partial charge in [0.05, 0.1) is 19.3 Å². The summed E-state index contributed by atoms with van der Waals surface area (Å²) >= 11 is 0. The van der Waals surface area contributed by atoms with Crippen LogP contribution in [0.15, 0.2) is 17.2 Å². The first-order chi connectivity index (χ1) is 12.1. The van der Waals surface area contributed by atoms with Crippen molar-refractivity contribution in [3.63, 3.8) is 0 Å². The van der Waals surface area contributed by atoms with Crippen molar-refractivity contribution in [1.29, 1.82) is 0 Å². The highest BCUT2D eigenvalue weighted by molar-refractivity contribution is 5.34. The number of hydrogen-bond donors (Lipinski definition) is 1. The number of rotatable bonds is 6. The lowest BCUT2D eigenvalue weighted by atomic mass is 10.2. The number of aromatic amines is 1. The van der Waals surface area contributed by atoms with Gasteiger partial charge >= 0.3 is 0 Å². The maximum absolute atomic E-state index is 12.2. The van der Waals surface area contributed by atoms with Gasteiger partial charge in [0.1, 0.15) is 11.6 Å². The van der Waals surface area contributed by atoms with E-state index in [-0.39, 0.29) is 11.7 Å². The largest absolute Gasteiger partial charge is 0.374 e. The molecule has 9 heteroatoms. The molecule has 0 spiro atoms. The second-order valence-corrected chi connectivity index (χ2v) is 6.33. The van der Waals surface area contributed by atoms with Crippen molar-refractivity contribution in [2.45, 2.75) is 26.0 Å². The molecular formula is C16H25N7O2. The number of morpholine rings is 1. The molecule has 1 atom stereocenters. The van der Waals surface area contributed by atoms with Crippen molar-refractivity contribution in [1.82, 2.24) is 29.6 Å². The molecule has 136 valence electrons. The van der Waals surface area contributed by atoms with Gasteiger partial charge in [-0.2, -0.15) is 5.10 Å². The smallest absolute Gasteiger partial charge is 0.293 e. The summed E-state index contributed by atoms with van der Waals surface area (Å²) in [7, 11) is 3.60. The molecule has 0 saturated carbocycles. The minimum atomic E-state index is -0.105. The summed E-state index contributed by atoms with van der Waals surface area (Å²) in [4.78, 5) is 25.0. The number of nitrogens with zero attached hydrogens (tertiary/aromatic N) is 6. The fraction of sp³-hybridized carbons (Fsp3) is 0.625. The van der Waals surface area contributed by atoms with Crippen LogP contribution in [0.1, 0.15) is 18.6 Å². The molecular weight excluding hydrogens is 322 g/mol. The van der Waals surface area contributed by atoms with Crippen LogP contribution in [0.4, 0.5) is 5.82 Å². The van der Waals surface area contributed by atoms with Gasteiger partial charge in [-0.25, -0.2) is 9.97 Å². The molecule has 0 amide bonds. The van der Waals surface area contributed by atoms with Crippen molar-refractivity contribution >= 4 is 5.82 Å². The molecule has 1 N–H and O–H groups in total. The summed E-state index contributed by atoms with van der Waals surface area (Å²) in [5, 5.41) is 7.17. The lowest BCUT2D eigenvalue weighted by Gasteiger charge is -2.34. The van der Waals surface area contributed by atoms with Gasteiger partial charge in [-0.1, -0.05) is 6.92 Å². The van der Waals surface area contributed by atoms with E-state index in [1.54, 1.807) is 19.4 Å². The van der Waals surface area contributed by atoms with E-state index in [0.29, 0.717) is 19.0 Å². The molecule has 2 aromatic heterocycles. The Kier molecular flexibility index (Phi) is 5.44. The Bertz CT molecular complexity index is 757. The molecule has 0 aromatic carbocycles. The van der Waals surface area contributed by atoms with E-state index >= 15 is 0 Å².